The van der Waals surface area contributed by atoms with Crippen LogP contribution in [0.15, 0.2) is 192 Å². The summed E-state index contributed by atoms with van der Waals surface area (Å²) in [6.07, 6.45) is 0. The summed E-state index contributed by atoms with van der Waals surface area (Å²) in [6.45, 7) is 0. The second kappa shape index (κ2) is 11.8. The molecule has 0 spiro atoms. The van der Waals surface area contributed by atoms with E-state index in [1.54, 1.807) is 72.8 Å². The second-order valence-corrected chi connectivity index (χ2v) is 11.5. The van der Waals surface area contributed by atoms with E-state index in [9.17, 15) is 11.0 Å². The first-order chi connectivity index (χ1) is 27.2. The third-order valence-corrected chi connectivity index (χ3v) is 8.61. The molecule has 0 radical (unpaired) electrons. The Morgan fingerprint density at radius 3 is 1.67 bits per heavy atom. The molecule has 8 aromatic carbocycles. The molecule has 1 heterocycles. The van der Waals surface area contributed by atoms with Crippen LogP contribution in [-0.2, 0) is 0 Å². The normalized spacial score (nSPS) is 13.7. The van der Waals surface area contributed by atoms with Crippen LogP contribution in [0.5, 0.6) is 0 Å². The first-order valence-electron chi connectivity index (χ1n) is 19.7. The second-order valence-electron chi connectivity index (χ2n) is 11.5. The molecule has 9 rings (SSSR count). The van der Waals surface area contributed by atoms with Crippen LogP contribution in [0.25, 0.3) is 66.1 Å². The lowest BCUT2D eigenvalue weighted by molar-refractivity contribution is 0.672. The molecular formula is C46H31NO. The van der Waals surface area contributed by atoms with Gasteiger partial charge in [0.05, 0.1) is 16.7 Å². The molecular weight excluding hydrogens is 583 g/mol. The number of furan rings is 1. The van der Waals surface area contributed by atoms with Gasteiger partial charge in [0.1, 0.15) is 11.2 Å². The molecule has 2 heteroatoms. The summed E-state index contributed by atoms with van der Waals surface area (Å²) in [5, 5.41) is 3.81. The molecule has 226 valence electrons. The largest absolute Gasteiger partial charge is 0.455 e. The van der Waals surface area contributed by atoms with Gasteiger partial charge in [-0.3, -0.25) is 0 Å². The predicted octanol–water partition coefficient (Wildman–Crippen LogP) is 13.2. The first-order valence-corrected chi connectivity index (χ1v) is 15.7. The number of anilines is 3. The van der Waals surface area contributed by atoms with Gasteiger partial charge in [-0.25, -0.2) is 0 Å². The molecule has 0 saturated carbocycles. The van der Waals surface area contributed by atoms with E-state index in [4.69, 9.17) is 4.42 Å². The van der Waals surface area contributed by atoms with E-state index < -0.39 is 24.2 Å². The smallest absolute Gasteiger partial charge is 0.143 e. The van der Waals surface area contributed by atoms with E-state index >= 15 is 0 Å². The summed E-state index contributed by atoms with van der Waals surface area (Å²) in [4.78, 5) is 1.37. The van der Waals surface area contributed by atoms with Crippen molar-refractivity contribution in [3.63, 3.8) is 0 Å². The first kappa shape index (κ1) is 20.7. The molecule has 0 aliphatic rings. The third-order valence-electron chi connectivity index (χ3n) is 8.61. The van der Waals surface area contributed by atoms with Crippen molar-refractivity contribution >= 4 is 49.8 Å². The molecule has 0 aliphatic heterocycles. The van der Waals surface area contributed by atoms with E-state index in [2.05, 4.69) is 6.07 Å². The summed E-state index contributed by atoms with van der Waals surface area (Å²) < 4.78 is 80.9. The molecule has 0 fully saturated rings. The van der Waals surface area contributed by atoms with Crippen LogP contribution in [0.3, 0.4) is 0 Å². The third kappa shape index (κ3) is 4.92. The molecule has 2 nitrogen and oxygen atoms in total. The fourth-order valence-electron chi connectivity index (χ4n) is 6.27. The van der Waals surface area contributed by atoms with Crippen LogP contribution in [0.2, 0.25) is 0 Å². The maximum absolute atomic E-state index is 9.43. The number of nitrogens with zero attached hydrogens (tertiary/aromatic N) is 1. The van der Waals surface area contributed by atoms with Crippen LogP contribution in [0.1, 0.15) is 11.0 Å². The topological polar surface area (TPSA) is 16.4 Å². The Morgan fingerprint density at radius 2 is 1.00 bits per heavy atom. The lowest BCUT2D eigenvalue weighted by atomic mass is 9.98. The van der Waals surface area contributed by atoms with Crippen molar-refractivity contribution in [1.29, 1.82) is 0 Å². The van der Waals surface area contributed by atoms with Gasteiger partial charge in [0.2, 0.25) is 0 Å². The van der Waals surface area contributed by atoms with Gasteiger partial charge in [-0.15, -0.1) is 0 Å². The van der Waals surface area contributed by atoms with Crippen molar-refractivity contribution < 1.29 is 15.4 Å². The highest BCUT2D eigenvalue weighted by atomic mass is 16.3. The van der Waals surface area contributed by atoms with Crippen molar-refractivity contribution in [2.45, 2.75) is 0 Å². The number of hydrogen-bond donors (Lipinski definition) is 0. The minimum Gasteiger partial charge on any atom is -0.455 e. The Labute approximate surface area is 291 Å². The number of benzene rings is 8. The van der Waals surface area contributed by atoms with Crippen molar-refractivity contribution in [1.82, 2.24) is 0 Å². The van der Waals surface area contributed by atoms with Crippen LogP contribution in [-0.4, -0.2) is 0 Å². The Bertz CT molecular complexity index is 2850. The maximum Gasteiger partial charge on any atom is 0.143 e. The molecule has 0 bridgehead atoms. The highest BCUT2D eigenvalue weighted by molar-refractivity contribution is 6.15. The Morgan fingerprint density at radius 1 is 0.417 bits per heavy atom. The molecule has 0 atom stereocenters. The Hall–Kier alpha value is -6.38. The van der Waals surface area contributed by atoms with Crippen LogP contribution < -0.4 is 4.90 Å². The highest BCUT2D eigenvalue weighted by Crippen LogP contribution is 2.43. The lowest BCUT2D eigenvalue weighted by Gasteiger charge is -2.28. The van der Waals surface area contributed by atoms with Gasteiger partial charge in [-0.1, -0.05) is 139 Å². The maximum atomic E-state index is 9.43. The van der Waals surface area contributed by atoms with Crippen LogP contribution >= 0.6 is 0 Å². The summed E-state index contributed by atoms with van der Waals surface area (Å²) in [7, 11) is 0. The van der Waals surface area contributed by atoms with Gasteiger partial charge in [-0.05, 0) is 81.6 Å². The number of fused-ring (bicyclic) bond motifs is 5. The average molecular weight is 622 g/mol. The van der Waals surface area contributed by atoms with E-state index in [0.717, 1.165) is 32.7 Å². The molecule has 0 N–H and O–H groups in total. The van der Waals surface area contributed by atoms with Gasteiger partial charge in [0.25, 0.3) is 0 Å². The zero-order chi connectivity index (χ0) is 38.8. The SMILES string of the molecule is [2H]c1c([2H])c(N(c2ccccc2-c2ccc3oc4c5ccccc5ccc4c3c2)c2c([2H])c([2H])c(-c3ccccc3)c([2H])c2[2H])c([2H])c([2H])c1-c1ccccc1. The summed E-state index contributed by atoms with van der Waals surface area (Å²) in [6, 6.07) is 39.8. The minimum atomic E-state index is -0.396. The average Bonchev–Trinajstić information content (AvgIpc) is 3.61. The van der Waals surface area contributed by atoms with Gasteiger partial charge in [0, 0.05) is 33.1 Å². The standard InChI is InChI=1S/C46H31NO/c1-3-11-32(12-4-1)34-19-25-38(26-20-34)47(39-27-21-35(22-28-39)33-13-5-2-6-14-33)44-18-10-9-16-40(44)37-24-30-45-43(31-37)42-29-23-36-15-7-8-17-41(36)46(42)48-45/h1-31H/i19D,20D,21D,22D,25D,26D,27D,28D. The summed E-state index contributed by atoms with van der Waals surface area (Å²) >= 11 is 0. The molecule has 1 aromatic heterocycles. The summed E-state index contributed by atoms with van der Waals surface area (Å²) in [5.74, 6) is 0. The Balaban J connectivity index is 1.34. The number of rotatable bonds is 6. The monoisotopic (exact) mass is 621 g/mol. The lowest BCUT2D eigenvalue weighted by Crippen LogP contribution is -2.11. The van der Waals surface area contributed by atoms with Gasteiger partial charge < -0.3 is 9.32 Å². The predicted molar refractivity (Wildman–Crippen MR) is 202 cm³/mol. The van der Waals surface area contributed by atoms with E-state index in [-0.39, 0.29) is 46.7 Å². The van der Waals surface area contributed by atoms with Crippen molar-refractivity contribution in [2.75, 3.05) is 4.90 Å². The van der Waals surface area contributed by atoms with Gasteiger partial charge in [-0.2, -0.15) is 0 Å². The van der Waals surface area contributed by atoms with Crippen molar-refractivity contribution in [2.24, 2.45) is 0 Å². The van der Waals surface area contributed by atoms with Gasteiger partial charge >= 0.3 is 0 Å². The number of hydrogen-bond acceptors (Lipinski definition) is 2. The molecule has 0 saturated heterocycles. The molecule has 48 heavy (non-hydrogen) atoms. The van der Waals surface area contributed by atoms with Crippen molar-refractivity contribution in [3.05, 3.63) is 188 Å². The van der Waals surface area contributed by atoms with Gasteiger partial charge in [0.15, 0.2) is 0 Å². The fourth-order valence-corrected chi connectivity index (χ4v) is 6.27. The zero-order valence-corrected chi connectivity index (χ0v) is 25.6. The van der Waals surface area contributed by atoms with Crippen molar-refractivity contribution in [3.8, 4) is 33.4 Å². The molecule has 0 amide bonds. The minimum absolute atomic E-state index is 0.112. The Kier molecular flexibility index (Phi) is 5.07. The summed E-state index contributed by atoms with van der Waals surface area (Å²) in [5.41, 5.74) is 3.92. The van der Waals surface area contributed by atoms with Crippen LogP contribution in [0, 0.1) is 0 Å². The highest BCUT2D eigenvalue weighted by Gasteiger charge is 2.19. The fraction of sp³-hybridized carbons (Fsp3) is 0. The van der Waals surface area contributed by atoms with E-state index in [1.807, 2.05) is 60.7 Å². The van der Waals surface area contributed by atoms with E-state index in [0.29, 0.717) is 28.0 Å². The molecule has 0 unspecified atom stereocenters. The zero-order valence-electron chi connectivity index (χ0n) is 33.6. The molecule has 0 aliphatic carbocycles. The molecule has 9 aromatic rings. The van der Waals surface area contributed by atoms with E-state index in [1.165, 1.54) is 4.90 Å². The quantitative estimate of drug-likeness (QED) is 0.184. The van der Waals surface area contributed by atoms with Crippen LogP contribution in [0.4, 0.5) is 17.1 Å². The number of para-hydroxylation sites is 1.